The highest BCUT2D eigenvalue weighted by molar-refractivity contribution is 6.21. The maximum atomic E-state index is 6.53. The van der Waals surface area contributed by atoms with Gasteiger partial charge in [-0.1, -0.05) is 44.5 Å². The van der Waals surface area contributed by atoms with E-state index < -0.39 is 0 Å². The van der Waals surface area contributed by atoms with E-state index >= 15 is 0 Å². The van der Waals surface area contributed by atoms with Crippen LogP contribution in [0.25, 0.3) is 0 Å². The van der Waals surface area contributed by atoms with Crippen LogP contribution in [0.2, 0.25) is 0 Å². The molecule has 0 aliphatic carbocycles. The summed E-state index contributed by atoms with van der Waals surface area (Å²) >= 11 is 6.53. The van der Waals surface area contributed by atoms with Gasteiger partial charge in [0.15, 0.2) is 0 Å². The molecule has 1 aromatic carbocycles. The highest BCUT2D eigenvalue weighted by Gasteiger charge is 2.20. The van der Waals surface area contributed by atoms with Gasteiger partial charge < -0.3 is 0 Å². The largest absolute Gasteiger partial charge is 0.118 e. The van der Waals surface area contributed by atoms with Gasteiger partial charge in [-0.2, -0.15) is 0 Å². The van der Waals surface area contributed by atoms with Crippen LogP contribution in [0.4, 0.5) is 0 Å². The van der Waals surface area contributed by atoms with Crippen LogP contribution in [-0.2, 0) is 0 Å². The van der Waals surface area contributed by atoms with Gasteiger partial charge in [0, 0.05) is 0 Å². The number of benzene rings is 1. The Labute approximate surface area is 98.7 Å². The molecular formula is C14H21Cl. The molecule has 84 valence electrons. The first-order chi connectivity index (χ1) is 6.93. The predicted octanol–water partition coefficient (Wildman–Crippen LogP) is 4.88. The van der Waals surface area contributed by atoms with E-state index in [1.54, 1.807) is 0 Å². The molecule has 0 bridgehead atoms. The summed E-state index contributed by atoms with van der Waals surface area (Å²) in [5.74, 6) is 1.12. The lowest BCUT2D eigenvalue weighted by atomic mass is 9.88. The molecule has 2 unspecified atom stereocenters. The molecule has 0 fully saturated rings. The molecular weight excluding hydrogens is 204 g/mol. The fraction of sp³-hybridized carbons (Fsp3) is 0.571. The van der Waals surface area contributed by atoms with Gasteiger partial charge in [-0.05, 0) is 36.8 Å². The highest BCUT2D eigenvalue weighted by atomic mass is 35.5. The molecule has 1 aromatic rings. The fourth-order valence-corrected chi connectivity index (χ4v) is 2.20. The smallest absolute Gasteiger partial charge is 0.0615 e. The van der Waals surface area contributed by atoms with Crippen LogP contribution in [0.3, 0.4) is 0 Å². The lowest BCUT2D eigenvalue weighted by molar-refractivity contribution is 0.405. The summed E-state index contributed by atoms with van der Waals surface area (Å²) in [6.45, 7) is 10.9. The predicted molar refractivity (Wildman–Crippen MR) is 68.5 cm³/mol. The SMILES string of the molecule is Cc1ccc(C)c(C(Cl)C(C)C(C)C)c1. The van der Waals surface area contributed by atoms with Gasteiger partial charge in [-0.15, -0.1) is 11.6 Å². The van der Waals surface area contributed by atoms with Crippen LogP contribution >= 0.6 is 11.6 Å². The van der Waals surface area contributed by atoms with Gasteiger partial charge in [-0.3, -0.25) is 0 Å². The van der Waals surface area contributed by atoms with Gasteiger partial charge in [-0.25, -0.2) is 0 Å². The lowest BCUT2D eigenvalue weighted by Crippen LogP contribution is -2.12. The van der Waals surface area contributed by atoms with Crippen molar-refractivity contribution in [1.29, 1.82) is 0 Å². The first-order valence-electron chi connectivity index (χ1n) is 5.64. The minimum absolute atomic E-state index is 0.130. The summed E-state index contributed by atoms with van der Waals surface area (Å²) in [7, 11) is 0. The fourth-order valence-electron chi connectivity index (χ4n) is 1.68. The molecule has 0 heterocycles. The summed E-state index contributed by atoms with van der Waals surface area (Å²) in [5.41, 5.74) is 3.88. The molecule has 1 rings (SSSR count). The average molecular weight is 225 g/mol. The van der Waals surface area contributed by atoms with Gasteiger partial charge in [0.05, 0.1) is 5.38 Å². The molecule has 0 saturated carbocycles. The highest BCUT2D eigenvalue weighted by Crippen LogP contribution is 2.35. The van der Waals surface area contributed by atoms with Crippen LogP contribution in [0, 0.1) is 25.7 Å². The quantitative estimate of drug-likeness (QED) is 0.643. The average Bonchev–Trinajstić information content (AvgIpc) is 2.19. The molecule has 0 spiro atoms. The Kier molecular flexibility index (Phi) is 4.21. The summed E-state index contributed by atoms with van der Waals surface area (Å²) in [6, 6.07) is 6.52. The minimum Gasteiger partial charge on any atom is -0.118 e. The Hall–Kier alpha value is -0.490. The van der Waals surface area contributed by atoms with E-state index in [0.29, 0.717) is 11.8 Å². The van der Waals surface area contributed by atoms with E-state index in [4.69, 9.17) is 11.6 Å². The van der Waals surface area contributed by atoms with Gasteiger partial charge >= 0.3 is 0 Å². The number of hydrogen-bond donors (Lipinski definition) is 0. The van der Waals surface area contributed by atoms with E-state index in [2.05, 4.69) is 52.8 Å². The first-order valence-corrected chi connectivity index (χ1v) is 6.08. The summed E-state index contributed by atoms with van der Waals surface area (Å²) in [4.78, 5) is 0. The third-order valence-electron chi connectivity index (χ3n) is 3.25. The molecule has 0 aliphatic heterocycles. The van der Waals surface area contributed by atoms with Crippen molar-refractivity contribution in [3.63, 3.8) is 0 Å². The van der Waals surface area contributed by atoms with Crippen molar-refractivity contribution >= 4 is 11.6 Å². The standard InChI is InChI=1S/C14H21Cl/c1-9(2)12(5)14(15)13-8-10(3)6-7-11(13)4/h6-9,12,14H,1-5H3. The number of rotatable bonds is 3. The Balaban J connectivity index is 2.99. The topological polar surface area (TPSA) is 0 Å². The second-order valence-electron chi connectivity index (χ2n) is 4.86. The maximum absolute atomic E-state index is 6.53. The zero-order chi connectivity index (χ0) is 11.6. The molecule has 0 N–H and O–H groups in total. The second kappa shape index (κ2) is 5.03. The molecule has 0 aliphatic rings. The first kappa shape index (κ1) is 12.6. The second-order valence-corrected chi connectivity index (χ2v) is 5.34. The van der Waals surface area contributed by atoms with Crippen molar-refractivity contribution < 1.29 is 0 Å². The molecule has 0 amide bonds. The molecule has 2 atom stereocenters. The molecule has 15 heavy (non-hydrogen) atoms. The third-order valence-corrected chi connectivity index (χ3v) is 3.88. The summed E-state index contributed by atoms with van der Waals surface area (Å²) in [5, 5.41) is 0.130. The monoisotopic (exact) mass is 224 g/mol. The van der Waals surface area contributed by atoms with Crippen molar-refractivity contribution in [2.24, 2.45) is 11.8 Å². The van der Waals surface area contributed by atoms with Gasteiger partial charge in [0.1, 0.15) is 0 Å². The summed E-state index contributed by atoms with van der Waals surface area (Å²) in [6.07, 6.45) is 0. The maximum Gasteiger partial charge on any atom is 0.0615 e. The molecule has 0 radical (unpaired) electrons. The molecule has 0 nitrogen and oxygen atoms in total. The molecule has 0 aromatic heterocycles. The van der Waals surface area contributed by atoms with Crippen LogP contribution in [0.15, 0.2) is 18.2 Å². The number of hydrogen-bond acceptors (Lipinski definition) is 0. The Bertz CT molecular complexity index is 328. The van der Waals surface area contributed by atoms with Crippen molar-refractivity contribution in [1.82, 2.24) is 0 Å². The molecule has 0 saturated heterocycles. The third kappa shape index (κ3) is 2.98. The van der Waals surface area contributed by atoms with Gasteiger partial charge in [0.2, 0.25) is 0 Å². The Morgan fingerprint density at radius 2 is 1.67 bits per heavy atom. The number of halogens is 1. The van der Waals surface area contributed by atoms with Crippen LogP contribution < -0.4 is 0 Å². The van der Waals surface area contributed by atoms with E-state index in [0.717, 1.165) is 0 Å². The van der Waals surface area contributed by atoms with E-state index in [1.807, 2.05) is 0 Å². The van der Waals surface area contributed by atoms with Crippen molar-refractivity contribution in [3.05, 3.63) is 34.9 Å². The Morgan fingerprint density at radius 1 is 1.07 bits per heavy atom. The van der Waals surface area contributed by atoms with Gasteiger partial charge in [0.25, 0.3) is 0 Å². The van der Waals surface area contributed by atoms with Crippen molar-refractivity contribution in [3.8, 4) is 0 Å². The van der Waals surface area contributed by atoms with Crippen molar-refractivity contribution in [2.75, 3.05) is 0 Å². The van der Waals surface area contributed by atoms with E-state index in [-0.39, 0.29) is 5.38 Å². The normalized spacial score (nSPS) is 15.4. The lowest BCUT2D eigenvalue weighted by Gasteiger charge is -2.23. The van der Waals surface area contributed by atoms with Crippen LogP contribution in [0.5, 0.6) is 0 Å². The van der Waals surface area contributed by atoms with E-state index in [1.165, 1.54) is 16.7 Å². The van der Waals surface area contributed by atoms with Crippen LogP contribution in [0.1, 0.15) is 42.8 Å². The number of alkyl halides is 1. The van der Waals surface area contributed by atoms with Crippen LogP contribution in [-0.4, -0.2) is 0 Å². The Morgan fingerprint density at radius 3 is 2.20 bits per heavy atom. The summed E-state index contributed by atoms with van der Waals surface area (Å²) < 4.78 is 0. The zero-order valence-electron chi connectivity index (χ0n) is 10.3. The minimum atomic E-state index is 0.130. The number of aryl methyl sites for hydroxylation is 2. The van der Waals surface area contributed by atoms with E-state index in [9.17, 15) is 0 Å². The zero-order valence-corrected chi connectivity index (χ0v) is 11.1. The molecule has 1 heteroatoms. The van der Waals surface area contributed by atoms with Crippen molar-refractivity contribution in [2.45, 2.75) is 40.0 Å².